The van der Waals surface area contributed by atoms with Gasteiger partial charge in [-0.3, -0.25) is 0 Å². The molecule has 0 rings (SSSR count). The first-order valence-corrected chi connectivity index (χ1v) is 3.39. The van der Waals surface area contributed by atoms with Gasteiger partial charge in [-0.1, -0.05) is 6.58 Å². The minimum atomic E-state index is -0.435. The third-order valence-electron chi connectivity index (χ3n) is 1.18. The van der Waals surface area contributed by atoms with Crippen LogP contribution in [0.4, 0.5) is 0 Å². The Hall–Kier alpha value is -1.30. The molecule has 60 valence electrons. The molecule has 11 heavy (non-hydrogen) atoms. The lowest BCUT2D eigenvalue weighted by atomic mass is 10.1. The molecule has 0 aromatic rings. The SMILES string of the molecule is C=CC(=O)OCCC(C)C#N. The Morgan fingerprint density at radius 2 is 2.55 bits per heavy atom. The molecule has 0 N–H and O–H groups in total. The van der Waals surface area contributed by atoms with Crippen LogP contribution in [0.25, 0.3) is 0 Å². The van der Waals surface area contributed by atoms with E-state index in [0.717, 1.165) is 6.08 Å². The molecule has 0 fully saturated rings. The first-order valence-electron chi connectivity index (χ1n) is 3.39. The van der Waals surface area contributed by atoms with Crippen molar-refractivity contribution in [2.75, 3.05) is 6.61 Å². The lowest BCUT2D eigenvalue weighted by molar-refractivity contribution is -0.137. The first kappa shape index (κ1) is 9.70. The summed E-state index contributed by atoms with van der Waals surface area (Å²) < 4.78 is 4.66. The molecule has 0 amide bonds. The molecule has 1 unspecified atom stereocenters. The van der Waals surface area contributed by atoms with Crippen LogP contribution in [0.2, 0.25) is 0 Å². The molecule has 0 radical (unpaired) electrons. The van der Waals surface area contributed by atoms with Crippen LogP contribution in [0.5, 0.6) is 0 Å². The minimum Gasteiger partial charge on any atom is -0.462 e. The zero-order valence-corrected chi connectivity index (χ0v) is 6.54. The second kappa shape index (κ2) is 5.48. The van der Waals surface area contributed by atoms with Crippen LogP contribution in [-0.4, -0.2) is 12.6 Å². The number of nitriles is 1. The summed E-state index contributed by atoms with van der Waals surface area (Å²) >= 11 is 0. The van der Waals surface area contributed by atoms with Gasteiger partial charge in [0.1, 0.15) is 0 Å². The summed E-state index contributed by atoms with van der Waals surface area (Å²) in [4.78, 5) is 10.5. The van der Waals surface area contributed by atoms with Gasteiger partial charge in [-0.05, 0) is 13.3 Å². The van der Waals surface area contributed by atoms with Crippen molar-refractivity contribution in [2.45, 2.75) is 13.3 Å². The van der Waals surface area contributed by atoms with Gasteiger partial charge in [-0.2, -0.15) is 5.26 Å². The van der Waals surface area contributed by atoms with Crippen molar-refractivity contribution >= 4 is 5.97 Å². The van der Waals surface area contributed by atoms with Gasteiger partial charge in [0.15, 0.2) is 0 Å². The number of carbonyl (C=O) groups is 1. The van der Waals surface area contributed by atoms with Gasteiger partial charge in [0.2, 0.25) is 0 Å². The van der Waals surface area contributed by atoms with E-state index in [4.69, 9.17) is 5.26 Å². The van der Waals surface area contributed by atoms with Crippen LogP contribution in [-0.2, 0) is 9.53 Å². The largest absolute Gasteiger partial charge is 0.462 e. The predicted molar refractivity (Wildman–Crippen MR) is 40.6 cm³/mol. The standard InChI is InChI=1S/C8H11NO2/c1-3-8(10)11-5-4-7(2)6-9/h3,7H,1,4-5H2,2H3. The van der Waals surface area contributed by atoms with Gasteiger partial charge in [0.05, 0.1) is 12.7 Å². The monoisotopic (exact) mass is 153 g/mol. The number of hydrogen-bond donors (Lipinski definition) is 0. The average Bonchev–Trinajstić information content (AvgIpc) is 2.04. The number of ether oxygens (including phenoxy) is 1. The average molecular weight is 153 g/mol. The van der Waals surface area contributed by atoms with E-state index >= 15 is 0 Å². The molecule has 0 aliphatic heterocycles. The van der Waals surface area contributed by atoms with Crippen molar-refractivity contribution in [3.63, 3.8) is 0 Å². The molecule has 0 saturated carbocycles. The van der Waals surface area contributed by atoms with Gasteiger partial charge in [-0.15, -0.1) is 0 Å². The van der Waals surface area contributed by atoms with Gasteiger partial charge in [-0.25, -0.2) is 4.79 Å². The van der Waals surface area contributed by atoms with Crippen LogP contribution in [0, 0.1) is 17.2 Å². The molecular weight excluding hydrogens is 142 g/mol. The molecule has 0 aliphatic rings. The van der Waals surface area contributed by atoms with Crippen LogP contribution >= 0.6 is 0 Å². The molecule has 0 aliphatic carbocycles. The maximum absolute atomic E-state index is 10.5. The number of esters is 1. The molecule has 0 aromatic carbocycles. The molecule has 0 aromatic heterocycles. The van der Waals surface area contributed by atoms with E-state index < -0.39 is 5.97 Å². The second-order valence-corrected chi connectivity index (χ2v) is 2.19. The van der Waals surface area contributed by atoms with E-state index in [1.54, 1.807) is 6.92 Å². The summed E-state index contributed by atoms with van der Waals surface area (Å²) in [6, 6.07) is 2.04. The van der Waals surface area contributed by atoms with E-state index in [1.807, 2.05) is 6.07 Å². The zero-order valence-electron chi connectivity index (χ0n) is 6.54. The summed E-state index contributed by atoms with van der Waals surface area (Å²) in [5, 5.41) is 8.35. The summed E-state index contributed by atoms with van der Waals surface area (Å²) in [6.07, 6.45) is 1.69. The van der Waals surface area contributed by atoms with Gasteiger partial charge >= 0.3 is 5.97 Å². The zero-order chi connectivity index (χ0) is 8.69. The van der Waals surface area contributed by atoms with E-state index in [-0.39, 0.29) is 5.92 Å². The van der Waals surface area contributed by atoms with Crippen molar-refractivity contribution in [1.82, 2.24) is 0 Å². The Labute approximate surface area is 66.3 Å². The maximum atomic E-state index is 10.5. The topological polar surface area (TPSA) is 50.1 Å². The molecule has 0 spiro atoms. The fourth-order valence-electron chi connectivity index (χ4n) is 0.460. The third-order valence-corrected chi connectivity index (χ3v) is 1.18. The summed E-state index contributed by atoms with van der Waals surface area (Å²) in [6.45, 7) is 5.31. The van der Waals surface area contributed by atoms with Crippen molar-refractivity contribution in [3.05, 3.63) is 12.7 Å². The summed E-state index contributed by atoms with van der Waals surface area (Å²) in [7, 11) is 0. The van der Waals surface area contributed by atoms with Gasteiger partial charge < -0.3 is 4.74 Å². The fraction of sp³-hybridized carbons (Fsp3) is 0.500. The Bertz CT molecular complexity index is 181. The van der Waals surface area contributed by atoms with Gasteiger partial charge in [0, 0.05) is 12.0 Å². The van der Waals surface area contributed by atoms with Crippen molar-refractivity contribution in [1.29, 1.82) is 5.26 Å². The highest BCUT2D eigenvalue weighted by Gasteiger charge is 2.00. The Kier molecular flexibility index (Phi) is 4.83. The highest BCUT2D eigenvalue weighted by Crippen LogP contribution is 1.98. The fourth-order valence-corrected chi connectivity index (χ4v) is 0.460. The summed E-state index contributed by atoms with van der Waals surface area (Å²) in [5.41, 5.74) is 0. The molecule has 0 bridgehead atoms. The summed E-state index contributed by atoms with van der Waals surface area (Å²) in [5.74, 6) is -0.497. The Balaban J connectivity index is 3.36. The lowest BCUT2D eigenvalue weighted by Crippen LogP contribution is -2.04. The number of hydrogen-bond acceptors (Lipinski definition) is 3. The third kappa shape index (κ3) is 5.16. The van der Waals surface area contributed by atoms with E-state index in [9.17, 15) is 4.79 Å². The highest BCUT2D eigenvalue weighted by atomic mass is 16.5. The van der Waals surface area contributed by atoms with Crippen LogP contribution < -0.4 is 0 Å². The number of rotatable bonds is 4. The normalized spacial score (nSPS) is 11.3. The van der Waals surface area contributed by atoms with Crippen molar-refractivity contribution < 1.29 is 9.53 Å². The molecule has 3 heteroatoms. The quantitative estimate of drug-likeness (QED) is 0.451. The first-order chi connectivity index (χ1) is 5.20. The van der Waals surface area contributed by atoms with Crippen LogP contribution in [0.3, 0.4) is 0 Å². The molecule has 0 heterocycles. The lowest BCUT2D eigenvalue weighted by Gasteiger charge is -2.01. The predicted octanol–water partition coefficient (Wildman–Crippen LogP) is 1.27. The number of carbonyl (C=O) groups excluding carboxylic acids is 1. The van der Waals surface area contributed by atoms with Gasteiger partial charge in [0.25, 0.3) is 0 Å². The van der Waals surface area contributed by atoms with E-state index in [1.165, 1.54) is 0 Å². The van der Waals surface area contributed by atoms with E-state index in [0.29, 0.717) is 13.0 Å². The van der Waals surface area contributed by atoms with Crippen molar-refractivity contribution in [3.8, 4) is 6.07 Å². The molecule has 0 saturated heterocycles. The maximum Gasteiger partial charge on any atom is 0.330 e. The Morgan fingerprint density at radius 1 is 1.91 bits per heavy atom. The second-order valence-electron chi connectivity index (χ2n) is 2.19. The highest BCUT2D eigenvalue weighted by molar-refractivity contribution is 5.81. The molecule has 1 atom stereocenters. The van der Waals surface area contributed by atoms with Crippen LogP contribution in [0.1, 0.15) is 13.3 Å². The smallest absolute Gasteiger partial charge is 0.330 e. The molecular formula is C8H11NO2. The van der Waals surface area contributed by atoms with Crippen molar-refractivity contribution in [2.24, 2.45) is 5.92 Å². The number of nitrogens with zero attached hydrogens (tertiary/aromatic N) is 1. The minimum absolute atomic E-state index is 0.0624. The van der Waals surface area contributed by atoms with Crippen LogP contribution in [0.15, 0.2) is 12.7 Å². The Morgan fingerprint density at radius 3 is 3.00 bits per heavy atom. The molecule has 3 nitrogen and oxygen atoms in total. The van der Waals surface area contributed by atoms with E-state index in [2.05, 4.69) is 11.3 Å².